The first kappa shape index (κ1) is 38.4. The van der Waals surface area contributed by atoms with Gasteiger partial charge in [0.1, 0.15) is 11.9 Å². The molecule has 0 aliphatic heterocycles. The summed E-state index contributed by atoms with van der Waals surface area (Å²) in [5, 5.41) is 12.1. The van der Waals surface area contributed by atoms with E-state index in [1.807, 2.05) is 50.6 Å². The van der Waals surface area contributed by atoms with Gasteiger partial charge in [-0.2, -0.15) is 0 Å². The molecule has 0 saturated carbocycles. The Labute approximate surface area is 243 Å². The second kappa shape index (κ2) is 28.3. The molecule has 0 amide bonds. The molecular weight excluding hydrogens is 502 g/mol. The van der Waals surface area contributed by atoms with Crippen LogP contribution in [0, 0.1) is 5.92 Å². The lowest BCUT2D eigenvalue weighted by Gasteiger charge is -2.17. The summed E-state index contributed by atoms with van der Waals surface area (Å²) in [7, 11) is 1.76. The van der Waals surface area contributed by atoms with Gasteiger partial charge in [-0.05, 0) is 51.3 Å². The highest BCUT2D eigenvalue weighted by Crippen LogP contribution is 2.10. The molecule has 0 heterocycles. The van der Waals surface area contributed by atoms with Crippen LogP contribution >= 0.6 is 0 Å². The van der Waals surface area contributed by atoms with E-state index in [0.717, 1.165) is 56.8 Å². The van der Waals surface area contributed by atoms with Crippen LogP contribution in [-0.2, 0) is 14.3 Å². The fourth-order valence-corrected chi connectivity index (χ4v) is 3.13. The maximum Gasteiger partial charge on any atom is 0.310 e. The summed E-state index contributed by atoms with van der Waals surface area (Å²) in [6.45, 7) is 24.3. The normalized spacial score (nSPS) is 13.1. The summed E-state index contributed by atoms with van der Waals surface area (Å²) in [4.78, 5) is 17.0. The molecule has 0 saturated heterocycles. The molecule has 0 aliphatic rings. The van der Waals surface area contributed by atoms with Crippen LogP contribution in [-0.4, -0.2) is 61.7 Å². The minimum Gasteiger partial charge on any atom is -0.501 e. The SMILES string of the molecule is C=CCC(/C=C/OCCCN(C=NC)CCC)C(=O)O.C=CCC(C=C)OC(/C=C\CC(=C)NC/C=C\C)=C/C. The average molecular weight is 556 g/mol. The van der Waals surface area contributed by atoms with Crippen LogP contribution in [0.3, 0.4) is 0 Å². The van der Waals surface area contributed by atoms with Gasteiger partial charge in [-0.25, -0.2) is 0 Å². The Hall–Kier alpha value is -3.74. The third-order valence-electron chi connectivity index (χ3n) is 5.23. The number of hydrogen-bond acceptors (Lipinski definition) is 5. The van der Waals surface area contributed by atoms with Gasteiger partial charge < -0.3 is 24.8 Å². The van der Waals surface area contributed by atoms with Gasteiger partial charge in [-0.15, -0.1) is 13.2 Å². The van der Waals surface area contributed by atoms with Crippen molar-refractivity contribution in [2.45, 2.75) is 59.0 Å². The number of rotatable bonds is 23. The van der Waals surface area contributed by atoms with Gasteiger partial charge in [-0.1, -0.05) is 56.5 Å². The van der Waals surface area contributed by atoms with E-state index in [4.69, 9.17) is 14.6 Å². The van der Waals surface area contributed by atoms with E-state index < -0.39 is 11.9 Å². The van der Waals surface area contributed by atoms with Crippen molar-refractivity contribution in [2.24, 2.45) is 10.9 Å². The highest BCUT2D eigenvalue weighted by Gasteiger charge is 2.11. The van der Waals surface area contributed by atoms with Crippen LogP contribution in [0.5, 0.6) is 0 Å². The van der Waals surface area contributed by atoms with Crippen molar-refractivity contribution in [3.63, 3.8) is 0 Å². The maximum absolute atomic E-state index is 10.9. The summed E-state index contributed by atoms with van der Waals surface area (Å²) in [6, 6.07) is 0. The molecule has 224 valence electrons. The zero-order valence-corrected chi connectivity index (χ0v) is 25.3. The minimum absolute atomic E-state index is 0.0284. The van der Waals surface area contributed by atoms with Gasteiger partial charge in [0.25, 0.3) is 0 Å². The van der Waals surface area contributed by atoms with E-state index in [2.05, 4.69) is 54.5 Å². The second-order valence-corrected chi connectivity index (χ2v) is 8.70. The second-order valence-electron chi connectivity index (χ2n) is 8.70. The highest BCUT2D eigenvalue weighted by atomic mass is 16.5. The van der Waals surface area contributed by atoms with Crippen molar-refractivity contribution in [3.05, 3.63) is 98.7 Å². The maximum atomic E-state index is 10.9. The van der Waals surface area contributed by atoms with Crippen molar-refractivity contribution >= 4 is 12.3 Å². The lowest BCUT2D eigenvalue weighted by atomic mass is 10.1. The number of carboxylic acids is 1. The fraction of sp³-hybridized carbons (Fsp3) is 0.455. The topological polar surface area (TPSA) is 83.4 Å². The van der Waals surface area contributed by atoms with Gasteiger partial charge in [0.05, 0.1) is 25.1 Å². The molecule has 2 unspecified atom stereocenters. The van der Waals surface area contributed by atoms with E-state index >= 15 is 0 Å². The Kier molecular flexibility index (Phi) is 27.1. The first-order valence-electron chi connectivity index (χ1n) is 13.9. The van der Waals surface area contributed by atoms with E-state index in [-0.39, 0.29) is 6.10 Å². The van der Waals surface area contributed by atoms with Crippen molar-refractivity contribution in [1.29, 1.82) is 0 Å². The monoisotopic (exact) mass is 555 g/mol. The molecule has 0 radical (unpaired) electrons. The number of allylic oxidation sites excluding steroid dienone is 5. The number of hydrogen-bond donors (Lipinski definition) is 2. The number of aliphatic imine (C=N–C) groups is 1. The molecule has 0 aliphatic carbocycles. The fourth-order valence-electron chi connectivity index (χ4n) is 3.13. The van der Waals surface area contributed by atoms with Gasteiger partial charge in [0.2, 0.25) is 0 Å². The average Bonchev–Trinajstić information content (AvgIpc) is 2.93. The van der Waals surface area contributed by atoms with Crippen LogP contribution in [0.1, 0.15) is 52.9 Å². The summed E-state index contributed by atoms with van der Waals surface area (Å²) < 4.78 is 11.1. The Morgan fingerprint density at radius 3 is 2.40 bits per heavy atom. The summed E-state index contributed by atoms with van der Waals surface area (Å²) in [5.41, 5.74) is 0.987. The molecule has 0 fully saturated rings. The molecule has 2 N–H and O–H groups in total. The van der Waals surface area contributed by atoms with Gasteiger partial charge in [0, 0.05) is 45.2 Å². The molecule has 0 aromatic heterocycles. The zero-order chi connectivity index (χ0) is 30.4. The first-order valence-corrected chi connectivity index (χ1v) is 13.9. The first-order chi connectivity index (χ1) is 19.3. The predicted molar refractivity (Wildman–Crippen MR) is 171 cm³/mol. The Morgan fingerprint density at radius 2 is 1.85 bits per heavy atom. The Balaban J connectivity index is 0. The molecule has 0 aromatic rings. The molecule has 40 heavy (non-hydrogen) atoms. The quantitative estimate of drug-likeness (QED) is 0.0346. The smallest absolute Gasteiger partial charge is 0.310 e. The third kappa shape index (κ3) is 23.4. The van der Waals surface area contributed by atoms with Crippen LogP contribution in [0.4, 0.5) is 0 Å². The number of carbonyl (C=O) groups is 1. The molecule has 0 bridgehead atoms. The molecule has 0 rings (SSSR count). The lowest BCUT2D eigenvalue weighted by molar-refractivity contribution is -0.140. The number of carboxylic acid groups (broad SMARTS) is 1. The number of nitrogens with one attached hydrogen (secondary N) is 1. The molecule has 7 heteroatoms. The molecular formula is C33H53N3O4. The highest BCUT2D eigenvalue weighted by molar-refractivity contribution is 5.72. The van der Waals surface area contributed by atoms with Crippen LogP contribution in [0.2, 0.25) is 0 Å². The number of aliphatic carboxylic acids is 1. The van der Waals surface area contributed by atoms with E-state index in [0.29, 0.717) is 13.0 Å². The molecule has 2 atom stereocenters. The van der Waals surface area contributed by atoms with Crippen molar-refractivity contribution in [3.8, 4) is 0 Å². The zero-order valence-electron chi connectivity index (χ0n) is 25.3. The van der Waals surface area contributed by atoms with Crippen LogP contribution in [0.15, 0.2) is 104 Å². The van der Waals surface area contributed by atoms with Gasteiger partial charge in [0.15, 0.2) is 0 Å². The molecule has 0 spiro atoms. The largest absolute Gasteiger partial charge is 0.501 e. The summed E-state index contributed by atoms with van der Waals surface area (Å²) in [5.74, 6) is -0.590. The van der Waals surface area contributed by atoms with Gasteiger partial charge in [-0.3, -0.25) is 9.79 Å². The standard InChI is InChI=1S/C18H27NO.C15H26N2O3/c1-6-10-15-19-16(5)13-11-14-18(9-4)20-17(8-3)12-7-2;1-4-7-14(15(18)19)8-12-20-11-6-10-17(9-5-2)13-16-3/h6-11,14,17,19H,2-3,5,12-13,15H2,1,4H3;4,8,12-14H,1,5-7,9-11H2,2-3H3,(H,18,19)/b10-6-,14-11-,18-9+;12-8+,16-13?. The lowest BCUT2D eigenvalue weighted by Crippen LogP contribution is -2.24. The number of ether oxygens (including phenoxy) is 2. The Morgan fingerprint density at radius 1 is 1.12 bits per heavy atom. The van der Waals surface area contributed by atoms with Crippen molar-refractivity contribution in [2.75, 3.05) is 33.3 Å². The summed E-state index contributed by atoms with van der Waals surface area (Å²) >= 11 is 0. The molecule has 0 aromatic carbocycles. The predicted octanol–water partition coefficient (Wildman–Crippen LogP) is 7.22. The van der Waals surface area contributed by atoms with Crippen LogP contribution < -0.4 is 5.32 Å². The van der Waals surface area contributed by atoms with E-state index in [1.165, 1.54) is 6.26 Å². The van der Waals surface area contributed by atoms with Crippen molar-refractivity contribution < 1.29 is 19.4 Å². The van der Waals surface area contributed by atoms with E-state index in [1.54, 1.807) is 25.3 Å². The summed E-state index contributed by atoms with van der Waals surface area (Å²) in [6.07, 6.45) is 23.9. The minimum atomic E-state index is -0.863. The van der Waals surface area contributed by atoms with Crippen LogP contribution in [0.25, 0.3) is 0 Å². The number of nitrogens with zero attached hydrogens (tertiary/aromatic N) is 2. The Bertz CT molecular complexity index is 856. The van der Waals surface area contributed by atoms with E-state index in [9.17, 15) is 4.79 Å². The van der Waals surface area contributed by atoms with Gasteiger partial charge >= 0.3 is 5.97 Å². The molecule has 7 nitrogen and oxygen atoms in total. The van der Waals surface area contributed by atoms with Crippen molar-refractivity contribution in [1.82, 2.24) is 10.2 Å². The third-order valence-corrected chi connectivity index (χ3v) is 5.23.